The summed E-state index contributed by atoms with van der Waals surface area (Å²) in [5, 5.41) is 10.1. The average molecular weight is 676 g/mol. The predicted octanol–water partition coefficient (Wildman–Crippen LogP) is 12.7. The van der Waals surface area contributed by atoms with Crippen molar-refractivity contribution >= 4 is 43.1 Å². The van der Waals surface area contributed by atoms with Gasteiger partial charge in [0.25, 0.3) is 0 Å². The zero-order valence-electron chi connectivity index (χ0n) is 28.9. The summed E-state index contributed by atoms with van der Waals surface area (Å²) in [6, 6.07) is 67.0. The first-order valence-corrected chi connectivity index (χ1v) is 18.1. The molecule has 0 aliphatic rings. The summed E-state index contributed by atoms with van der Waals surface area (Å²) in [7, 11) is 0. The number of aromatic nitrogens is 3. The topological polar surface area (TPSA) is 38.7 Å². The smallest absolute Gasteiger partial charge is 0.163 e. The van der Waals surface area contributed by atoms with E-state index < -0.39 is 0 Å². The molecule has 0 aliphatic carbocycles. The summed E-state index contributed by atoms with van der Waals surface area (Å²) >= 11 is 0. The fourth-order valence-electron chi connectivity index (χ4n) is 7.80. The molecule has 0 unspecified atom stereocenters. The van der Waals surface area contributed by atoms with Crippen LogP contribution < -0.4 is 0 Å². The monoisotopic (exact) mass is 675 g/mol. The first-order valence-electron chi connectivity index (χ1n) is 18.1. The van der Waals surface area contributed by atoms with E-state index in [2.05, 4.69) is 127 Å². The molecule has 10 aromatic rings. The van der Waals surface area contributed by atoms with Gasteiger partial charge in [0.05, 0.1) is 0 Å². The minimum absolute atomic E-state index is 0.596. The van der Waals surface area contributed by atoms with Crippen LogP contribution in [0.2, 0.25) is 0 Å². The summed E-state index contributed by atoms with van der Waals surface area (Å²) in [4.78, 5) is 14.7. The van der Waals surface area contributed by atoms with Gasteiger partial charge in [-0.15, -0.1) is 0 Å². The third-order valence-corrected chi connectivity index (χ3v) is 10.3. The number of rotatable bonds is 6. The summed E-state index contributed by atoms with van der Waals surface area (Å²) in [5.74, 6) is 2.11. The van der Waals surface area contributed by atoms with E-state index in [-0.39, 0.29) is 0 Å². The zero-order valence-corrected chi connectivity index (χ0v) is 28.9. The van der Waals surface area contributed by atoms with Crippen LogP contribution in [0.15, 0.2) is 188 Å². The van der Waals surface area contributed by atoms with Gasteiger partial charge in [0.15, 0.2) is 11.6 Å². The van der Waals surface area contributed by atoms with Gasteiger partial charge in [0.2, 0.25) is 0 Å². The lowest BCUT2D eigenvalue weighted by molar-refractivity contribution is 0.932. The van der Waals surface area contributed by atoms with Crippen molar-refractivity contribution in [3.63, 3.8) is 0 Å². The lowest BCUT2D eigenvalue weighted by atomic mass is 9.87. The highest BCUT2D eigenvalue weighted by atomic mass is 15.0. The Labute approximate surface area is 307 Å². The predicted molar refractivity (Wildman–Crippen MR) is 221 cm³/mol. The van der Waals surface area contributed by atoms with Crippen molar-refractivity contribution in [2.45, 2.75) is 6.42 Å². The minimum atomic E-state index is 0.596. The fourth-order valence-corrected chi connectivity index (χ4v) is 7.80. The molecular formula is C50H33N3. The maximum atomic E-state index is 4.94. The highest BCUT2D eigenvalue weighted by Crippen LogP contribution is 2.42. The van der Waals surface area contributed by atoms with Crippen LogP contribution in [0.1, 0.15) is 11.4 Å². The lowest BCUT2D eigenvalue weighted by Crippen LogP contribution is -2.04. The van der Waals surface area contributed by atoms with E-state index in [1.54, 1.807) is 0 Å². The molecule has 0 saturated heterocycles. The van der Waals surface area contributed by atoms with Gasteiger partial charge in [0.1, 0.15) is 5.82 Å². The molecule has 53 heavy (non-hydrogen) atoms. The van der Waals surface area contributed by atoms with Crippen LogP contribution in [-0.4, -0.2) is 15.0 Å². The van der Waals surface area contributed by atoms with Crippen molar-refractivity contribution in [2.24, 2.45) is 0 Å². The fraction of sp³-hybridized carbons (Fsp3) is 0.0200. The molecule has 0 fully saturated rings. The maximum absolute atomic E-state index is 4.94. The molecule has 1 heterocycles. The number of hydrogen-bond donors (Lipinski definition) is 0. The second kappa shape index (κ2) is 13.0. The van der Waals surface area contributed by atoms with Crippen molar-refractivity contribution in [3.8, 4) is 45.0 Å². The van der Waals surface area contributed by atoms with Gasteiger partial charge in [-0.2, -0.15) is 0 Å². The Hall–Kier alpha value is -6.97. The van der Waals surface area contributed by atoms with Crippen LogP contribution in [0.3, 0.4) is 0 Å². The number of nitrogens with zero attached hydrogens (tertiary/aromatic N) is 3. The highest BCUT2D eigenvalue weighted by Gasteiger charge is 2.16. The standard InChI is InChI=1S/C50H33N3/c1-3-14-36(15-4-1)49-51-47(52-50(53-49)37-16-5-2-6-17-37)31-33-23-25-35(26-24-33)40-29-27-34-13-7-8-18-39(34)48(40)38-28-30-45-43-21-10-9-19-41(43)42-20-11-12-22-44(42)46(45)32-38/h1-30,32H,31H2. The molecule has 0 spiro atoms. The van der Waals surface area contributed by atoms with Gasteiger partial charge in [-0.1, -0.05) is 182 Å². The summed E-state index contributed by atoms with van der Waals surface area (Å²) in [6.45, 7) is 0. The van der Waals surface area contributed by atoms with E-state index in [0.29, 0.717) is 18.1 Å². The largest absolute Gasteiger partial charge is 0.213 e. The Kier molecular flexibility index (Phi) is 7.54. The quantitative estimate of drug-likeness (QED) is 0.165. The average Bonchev–Trinajstić information content (AvgIpc) is 3.24. The Balaban J connectivity index is 1.07. The Morgan fingerprint density at radius 3 is 1.42 bits per heavy atom. The molecule has 248 valence electrons. The van der Waals surface area contributed by atoms with Crippen LogP contribution in [-0.2, 0) is 6.42 Å². The molecule has 1 aromatic heterocycles. The van der Waals surface area contributed by atoms with Crippen LogP contribution >= 0.6 is 0 Å². The molecule has 0 saturated carbocycles. The minimum Gasteiger partial charge on any atom is -0.213 e. The molecule has 3 heteroatoms. The molecule has 0 N–H and O–H groups in total. The second-order valence-corrected chi connectivity index (χ2v) is 13.6. The van der Waals surface area contributed by atoms with Gasteiger partial charge in [-0.05, 0) is 77.0 Å². The van der Waals surface area contributed by atoms with Gasteiger partial charge >= 0.3 is 0 Å². The van der Waals surface area contributed by atoms with Gasteiger partial charge in [-0.3, -0.25) is 0 Å². The van der Waals surface area contributed by atoms with Crippen LogP contribution in [0, 0.1) is 0 Å². The van der Waals surface area contributed by atoms with Crippen molar-refractivity contribution in [1.29, 1.82) is 0 Å². The third kappa shape index (κ3) is 5.60. The Morgan fingerprint density at radius 1 is 0.321 bits per heavy atom. The zero-order chi connectivity index (χ0) is 35.1. The molecule has 0 bridgehead atoms. The second-order valence-electron chi connectivity index (χ2n) is 13.6. The van der Waals surface area contributed by atoms with Crippen molar-refractivity contribution in [3.05, 3.63) is 199 Å². The van der Waals surface area contributed by atoms with E-state index >= 15 is 0 Å². The number of fused-ring (bicyclic) bond motifs is 7. The Bertz CT molecular complexity index is 2860. The summed E-state index contributed by atoms with van der Waals surface area (Å²) in [6.07, 6.45) is 0.596. The van der Waals surface area contributed by atoms with E-state index in [9.17, 15) is 0 Å². The highest BCUT2D eigenvalue weighted by molar-refractivity contribution is 6.26. The van der Waals surface area contributed by atoms with Crippen LogP contribution in [0.25, 0.3) is 88.1 Å². The van der Waals surface area contributed by atoms with E-state index in [1.807, 2.05) is 60.7 Å². The number of hydrogen-bond acceptors (Lipinski definition) is 3. The van der Waals surface area contributed by atoms with E-state index in [0.717, 1.165) is 22.5 Å². The molecule has 0 radical (unpaired) electrons. The van der Waals surface area contributed by atoms with Gasteiger partial charge < -0.3 is 0 Å². The van der Waals surface area contributed by atoms with Crippen LogP contribution in [0.4, 0.5) is 0 Å². The Morgan fingerprint density at radius 2 is 0.811 bits per heavy atom. The molecule has 3 nitrogen and oxygen atoms in total. The van der Waals surface area contributed by atoms with Crippen LogP contribution in [0.5, 0.6) is 0 Å². The molecule has 9 aromatic carbocycles. The van der Waals surface area contributed by atoms with E-state index in [4.69, 9.17) is 15.0 Å². The first kappa shape index (κ1) is 30.8. The molecule has 0 atom stereocenters. The molecule has 10 rings (SSSR count). The van der Waals surface area contributed by atoms with Crippen molar-refractivity contribution in [2.75, 3.05) is 0 Å². The normalized spacial score (nSPS) is 11.5. The number of benzene rings is 9. The van der Waals surface area contributed by atoms with Gasteiger partial charge in [0, 0.05) is 17.5 Å². The third-order valence-electron chi connectivity index (χ3n) is 10.3. The summed E-state index contributed by atoms with van der Waals surface area (Å²) in [5.41, 5.74) is 7.92. The molecular weight excluding hydrogens is 643 g/mol. The van der Waals surface area contributed by atoms with Gasteiger partial charge in [-0.25, -0.2) is 15.0 Å². The first-order chi connectivity index (χ1) is 26.3. The lowest BCUT2D eigenvalue weighted by Gasteiger charge is -2.17. The molecule has 0 amide bonds. The summed E-state index contributed by atoms with van der Waals surface area (Å²) < 4.78 is 0. The maximum Gasteiger partial charge on any atom is 0.163 e. The SMILES string of the molecule is c1ccc(-c2nc(Cc3ccc(-c4ccc5ccccc5c4-c4ccc5c6ccccc6c6ccccc6c5c4)cc3)nc(-c3ccccc3)n2)cc1. The van der Waals surface area contributed by atoms with E-state index in [1.165, 1.54) is 65.3 Å². The van der Waals surface area contributed by atoms with Crippen molar-refractivity contribution in [1.82, 2.24) is 15.0 Å². The molecule has 0 aliphatic heterocycles. The van der Waals surface area contributed by atoms with Crippen molar-refractivity contribution < 1.29 is 0 Å².